The van der Waals surface area contributed by atoms with Gasteiger partial charge in [0.25, 0.3) is 0 Å². The molecule has 2 aliphatic rings. The average molecular weight is 351 g/mol. The number of aromatic nitrogens is 1. The molecule has 1 aromatic heterocycles. The molecule has 0 unspecified atom stereocenters. The Morgan fingerprint density at radius 3 is 2.69 bits per heavy atom. The lowest BCUT2D eigenvalue weighted by molar-refractivity contribution is -0.134. The SMILES string of the molecule is CCCN1C[C@@H](C(=O)N(CC)CC)C=C2c3cccc4ccn(c34)C[C@@H]21. The van der Waals surface area contributed by atoms with E-state index in [0.717, 1.165) is 39.1 Å². The predicted octanol–water partition coefficient (Wildman–Crippen LogP) is 3.62. The van der Waals surface area contributed by atoms with Crippen LogP contribution in [-0.4, -0.2) is 52.5 Å². The molecular formula is C22H29N3O. The maximum atomic E-state index is 13.1. The summed E-state index contributed by atoms with van der Waals surface area (Å²) in [4.78, 5) is 17.6. The highest BCUT2D eigenvalue weighted by Gasteiger charge is 2.37. The van der Waals surface area contributed by atoms with E-state index in [1.807, 2.05) is 4.90 Å². The average Bonchev–Trinajstić information content (AvgIpc) is 3.08. The van der Waals surface area contributed by atoms with Crippen LogP contribution in [0.2, 0.25) is 0 Å². The van der Waals surface area contributed by atoms with Crippen molar-refractivity contribution in [2.45, 2.75) is 39.8 Å². The first-order valence-corrected chi connectivity index (χ1v) is 10.0. The summed E-state index contributed by atoms with van der Waals surface area (Å²) in [5.41, 5.74) is 3.98. The van der Waals surface area contributed by atoms with Crippen LogP contribution in [0.4, 0.5) is 0 Å². The van der Waals surface area contributed by atoms with Crippen molar-refractivity contribution >= 4 is 22.4 Å². The van der Waals surface area contributed by atoms with Crippen molar-refractivity contribution in [2.75, 3.05) is 26.2 Å². The van der Waals surface area contributed by atoms with Crippen molar-refractivity contribution in [1.29, 1.82) is 0 Å². The molecule has 138 valence electrons. The van der Waals surface area contributed by atoms with Crippen LogP contribution < -0.4 is 0 Å². The monoisotopic (exact) mass is 351 g/mol. The van der Waals surface area contributed by atoms with Crippen LogP contribution in [0.1, 0.15) is 32.8 Å². The lowest BCUT2D eigenvalue weighted by atomic mass is 9.85. The van der Waals surface area contributed by atoms with E-state index >= 15 is 0 Å². The second-order valence-electron chi connectivity index (χ2n) is 7.46. The third-order valence-corrected chi connectivity index (χ3v) is 5.98. The number of hydrogen-bond acceptors (Lipinski definition) is 2. The highest BCUT2D eigenvalue weighted by molar-refractivity contribution is 5.96. The van der Waals surface area contributed by atoms with Crippen LogP contribution in [-0.2, 0) is 11.3 Å². The molecule has 0 spiro atoms. The molecule has 26 heavy (non-hydrogen) atoms. The van der Waals surface area contributed by atoms with Gasteiger partial charge >= 0.3 is 0 Å². The smallest absolute Gasteiger partial charge is 0.230 e. The molecule has 3 heterocycles. The summed E-state index contributed by atoms with van der Waals surface area (Å²) < 4.78 is 2.39. The van der Waals surface area contributed by atoms with E-state index < -0.39 is 0 Å². The fourth-order valence-corrected chi connectivity index (χ4v) is 4.73. The van der Waals surface area contributed by atoms with Gasteiger partial charge in [0, 0.05) is 43.3 Å². The molecule has 2 atom stereocenters. The maximum absolute atomic E-state index is 13.1. The van der Waals surface area contributed by atoms with Crippen LogP contribution >= 0.6 is 0 Å². The van der Waals surface area contributed by atoms with Crippen molar-refractivity contribution in [1.82, 2.24) is 14.4 Å². The van der Waals surface area contributed by atoms with Crippen molar-refractivity contribution < 1.29 is 4.79 Å². The number of para-hydroxylation sites is 1. The topological polar surface area (TPSA) is 28.5 Å². The maximum Gasteiger partial charge on any atom is 0.230 e. The van der Waals surface area contributed by atoms with Crippen LogP contribution in [0.5, 0.6) is 0 Å². The second-order valence-corrected chi connectivity index (χ2v) is 7.46. The minimum absolute atomic E-state index is 0.0375. The molecule has 2 aromatic rings. The van der Waals surface area contributed by atoms with Crippen LogP contribution in [0.3, 0.4) is 0 Å². The number of fused-ring (bicyclic) bond motifs is 2. The van der Waals surface area contributed by atoms with Gasteiger partial charge in [-0.25, -0.2) is 0 Å². The largest absolute Gasteiger partial charge is 0.345 e. The normalized spacial score (nSPS) is 22.2. The van der Waals surface area contributed by atoms with E-state index in [2.05, 4.69) is 66.8 Å². The molecule has 0 fully saturated rings. The fraction of sp³-hybridized carbons (Fsp3) is 0.500. The number of carbonyl (C=O) groups is 1. The molecule has 1 aromatic carbocycles. The van der Waals surface area contributed by atoms with Gasteiger partial charge in [0.1, 0.15) is 0 Å². The van der Waals surface area contributed by atoms with Crippen LogP contribution in [0.25, 0.3) is 16.5 Å². The van der Waals surface area contributed by atoms with Gasteiger partial charge in [-0.15, -0.1) is 0 Å². The van der Waals surface area contributed by atoms with Crippen molar-refractivity contribution in [2.24, 2.45) is 5.92 Å². The highest BCUT2D eigenvalue weighted by Crippen LogP contribution is 2.39. The molecule has 0 radical (unpaired) electrons. The third kappa shape index (κ3) is 2.67. The van der Waals surface area contributed by atoms with Gasteiger partial charge in [0.05, 0.1) is 17.5 Å². The number of hydrogen-bond donors (Lipinski definition) is 0. The summed E-state index contributed by atoms with van der Waals surface area (Å²) in [5.74, 6) is 0.236. The van der Waals surface area contributed by atoms with E-state index in [0.29, 0.717) is 6.04 Å². The van der Waals surface area contributed by atoms with E-state index in [1.165, 1.54) is 22.0 Å². The molecule has 4 heteroatoms. The van der Waals surface area contributed by atoms with Gasteiger partial charge in [-0.05, 0) is 38.5 Å². The lowest BCUT2D eigenvalue weighted by Crippen LogP contribution is -2.50. The molecule has 2 aliphatic heterocycles. The molecule has 0 N–H and O–H groups in total. The summed E-state index contributed by atoms with van der Waals surface area (Å²) in [6.45, 7) is 10.8. The number of carbonyl (C=O) groups excluding carboxylic acids is 1. The minimum Gasteiger partial charge on any atom is -0.345 e. The van der Waals surface area contributed by atoms with E-state index in [-0.39, 0.29) is 11.8 Å². The fourth-order valence-electron chi connectivity index (χ4n) is 4.73. The Morgan fingerprint density at radius 2 is 1.96 bits per heavy atom. The Kier molecular flexibility index (Phi) is 4.62. The Hall–Kier alpha value is -2.07. The Bertz CT molecular complexity index is 846. The first kappa shape index (κ1) is 17.3. The zero-order chi connectivity index (χ0) is 18.3. The quantitative estimate of drug-likeness (QED) is 0.823. The first-order chi connectivity index (χ1) is 12.7. The molecule has 0 saturated heterocycles. The standard InChI is InChI=1S/C22H29N3O/c1-4-11-24-14-17(22(26)23(5-2)6-3)13-19-18-9-7-8-16-10-12-25(21(16)18)15-20(19)24/h7-10,12-13,17,20H,4-6,11,14-15H2,1-3H3/t17-,20-/m0/s1. The molecular weight excluding hydrogens is 322 g/mol. The predicted molar refractivity (Wildman–Crippen MR) is 107 cm³/mol. The van der Waals surface area contributed by atoms with Gasteiger partial charge in [-0.3, -0.25) is 9.69 Å². The molecule has 0 bridgehead atoms. The summed E-state index contributed by atoms with van der Waals surface area (Å²) in [5, 5.41) is 1.29. The van der Waals surface area contributed by atoms with Crippen LogP contribution in [0.15, 0.2) is 36.5 Å². The minimum atomic E-state index is -0.0375. The second kappa shape index (κ2) is 6.92. The van der Waals surface area contributed by atoms with E-state index in [1.54, 1.807) is 0 Å². The zero-order valence-corrected chi connectivity index (χ0v) is 16.1. The van der Waals surface area contributed by atoms with Gasteiger partial charge < -0.3 is 9.47 Å². The number of rotatable bonds is 5. The van der Waals surface area contributed by atoms with Crippen molar-refractivity contribution in [3.8, 4) is 0 Å². The Morgan fingerprint density at radius 1 is 1.15 bits per heavy atom. The lowest BCUT2D eigenvalue weighted by Gasteiger charge is -2.42. The number of amides is 1. The van der Waals surface area contributed by atoms with Crippen molar-refractivity contribution in [3.63, 3.8) is 0 Å². The molecule has 4 nitrogen and oxygen atoms in total. The Labute approximate surface area is 156 Å². The third-order valence-electron chi connectivity index (χ3n) is 5.98. The summed E-state index contributed by atoms with van der Waals surface area (Å²) in [6.07, 6.45) is 5.60. The van der Waals surface area contributed by atoms with E-state index in [4.69, 9.17) is 0 Å². The number of benzene rings is 1. The first-order valence-electron chi connectivity index (χ1n) is 10.0. The van der Waals surface area contributed by atoms with Gasteiger partial charge in [0.15, 0.2) is 0 Å². The van der Waals surface area contributed by atoms with E-state index in [9.17, 15) is 4.79 Å². The summed E-state index contributed by atoms with van der Waals surface area (Å²) in [6, 6.07) is 9.14. The molecule has 4 rings (SSSR count). The summed E-state index contributed by atoms with van der Waals surface area (Å²) in [7, 11) is 0. The van der Waals surface area contributed by atoms with Gasteiger partial charge in [0.2, 0.25) is 5.91 Å². The zero-order valence-electron chi connectivity index (χ0n) is 16.1. The van der Waals surface area contributed by atoms with Crippen LogP contribution in [0, 0.1) is 5.92 Å². The van der Waals surface area contributed by atoms with Gasteiger partial charge in [-0.2, -0.15) is 0 Å². The molecule has 1 amide bonds. The van der Waals surface area contributed by atoms with Crippen molar-refractivity contribution in [3.05, 3.63) is 42.1 Å². The molecule has 0 saturated carbocycles. The van der Waals surface area contributed by atoms with Gasteiger partial charge in [-0.1, -0.05) is 31.2 Å². The summed E-state index contributed by atoms with van der Waals surface area (Å²) >= 11 is 0. The highest BCUT2D eigenvalue weighted by atomic mass is 16.2. The number of nitrogens with zero attached hydrogens (tertiary/aromatic N) is 3. The Balaban J connectivity index is 1.80. The molecule has 0 aliphatic carbocycles.